The minimum absolute atomic E-state index is 0.00560. The van der Waals surface area contributed by atoms with E-state index in [0.717, 1.165) is 25.7 Å². The van der Waals surface area contributed by atoms with Crippen molar-refractivity contribution in [2.45, 2.75) is 56.6 Å². The molecule has 5 rings (SSSR count). The number of ether oxygens (including phenoxy) is 1. The lowest BCUT2D eigenvalue weighted by Gasteiger charge is -2.37. The molecular formula is C25H29NO4S. The Labute approximate surface area is 184 Å². The maximum atomic E-state index is 12.5. The van der Waals surface area contributed by atoms with Gasteiger partial charge < -0.3 is 10.1 Å². The van der Waals surface area contributed by atoms with Gasteiger partial charge in [0.1, 0.15) is 0 Å². The first kappa shape index (κ1) is 20.7. The Kier molecular flexibility index (Phi) is 5.39. The lowest BCUT2D eigenvalue weighted by atomic mass is 9.90. The van der Waals surface area contributed by atoms with Crippen LogP contribution in [0.15, 0.2) is 42.5 Å². The van der Waals surface area contributed by atoms with Gasteiger partial charge in [-0.05, 0) is 66.3 Å². The van der Waals surface area contributed by atoms with Gasteiger partial charge in [-0.2, -0.15) is 0 Å². The molecular weight excluding hydrogens is 410 g/mol. The Hall–Kier alpha value is -2.18. The van der Waals surface area contributed by atoms with Crippen LogP contribution in [0, 0.1) is 0 Å². The molecule has 0 saturated carbocycles. The van der Waals surface area contributed by atoms with Gasteiger partial charge in [0, 0.05) is 19.1 Å². The first-order valence-corrected chi connectivity index (χ1v) is 13.1. The first-order valence-electron chi connectivity index (χ1n) is 11.3. The number of nitrogens with one attached hydrogen (secondary N) is 1. The second-order valence-corrected chi connectivity index (χ2v) is 11.5. The Morgan fingerprint density at radius 1 is 1.13 bits per heavy atom. The molecule has 0 bridgehead atoms. The van der Waals surface area contributed by atoms with Crippen LogP contribution in [-0.4, -0.2) is 44.1 Å². The zero-order chi connectivity index (χ0) is 21.5. The molecule has 0 aromatic heterocycles. The SMILES string of the molecule is O=C(CCCc1ccc2c(c1)-c1ccccc1C2)N[C@H]1CCO[C@]2(CCS(=O)(=O)C2)C1. The van der Waals surface area contributed by atoms with Gasteiger partial charge in [0.05, 0.1) is 17.1 Å². The fourth-order valence-corrected chi connectivity index (χ4v) is 7.37. The molecule has 1 aliphatic carbocycles. The van der Waals surface area contributed by atoms with Gasteiger partial charge in [-0.15, -0.1) is 0 Å². The molecule has 31 heavy (non-hydrogen) atoms. The van der Waals surface area contributed by atoms with Crippen LogP contribution in [0.4, 0.5) is 0 Å². The monoisotopic (exact) mass is 439 g/mol. The normalized spacial score (nSPS) is 25.9. The number of aryl methyl sites for hydroxylation is 1. The van der Waals surface area contributed by atoms with Gasteiger partial charge in [-0.3, -0.25) is 4.79 Å². The van der Waals surface area contributed by atoms with Crippen molar-refractivity contribution < 1.29 is 17.9 Å². The zero-order valence-corrected chi connectivity index (χ0v) is 18.5. The van der Waals surface area contributed by atoms with Crippen molar-refractivity contribution in [3.63, 3.8) is 0 Å². The van der Waals surface area contributed by atoms with Gasteiger partial charge in [-0.25, -0.2) is 8.42 Å². The van der Waals surface area contributed by atoms with Crippen LogP contribution in [0.2, 0.25) is 0 Å². The molecule has 0 unspecified atom stereocenters. The fourth-order valence-electron chi connectivity index (χ4n) is 5.39. The third-order valence-electron chi connectivity index (χ3n) is 6.94. The van der Waals surface area contributed by atoms with E-state index in [2.05, 4.69) is 47.8 Å². The van der Waals surface area contributed by atoms with Gasteiger partial charge in [0.2, 0.25) is 5.91 Å². The number of rotatable bonds is 5. The number of carbonyl (C=O) groups is 1. The molecule has 2 fully saturated rings. The van der Waals surface area contributed by atoms with E-state index in [9.17, 15) is 13.2 Å². The average Bonchev–Trinajstić information content (AvgIpc) is 3.24. The molecule has 2 aliphatic heterocycles. The molecule has 2 atom stereocenters. The van der Waals surface area contributed by atoms with Crippen LogP contribution < -0.4 is 5.32 Å². The van der Waals surface area contributed by atoms with Crippen molar-refractivity contribution in [1.29, 1.82) is 0 Å². The standard InChI is InChI=1S/C25H29NO4S/c27-24(26-21-10-12-30-25(16-21)11-13-31(28,29)17-25)7-3-4-18-8-9-20-15-19-5-1-2-6-22(19)23(20)14-18/h1-2,5-6,8-9,14,21H,3-4,7,10-13,15-17H2,(H,26,27)/t21-,25+/m0/s1. The zero-order valence-electron chi connectivity index (χ0n) is 17.7. The summed E-state index contributed by atoms with van der Waals surface area (Å²) in [4.78, 5) is 12.5. The number of amides is 1. The summed E-state index contributed by atoms with van der Waals surface area (Å²) in [6, 6.07) is 15.3. The molecule has 2 aromatic rings. The number of hydrogen-bond acceptors (Lipinski definition) is 4. The van der Waals surface area contributed by atoms with Crippen LogP contribution in [0.1, 0.15) is 48.8 Å². The summed E-state index contributed by atoms with van der Waals surface area (Å²) in [5.41, 5.74) is 6.11. The van der Waals surface area contributed by atoms with Crippen molar-refractivity contribution in [2.75, 3.05) is 18.1 Å². The van der Waals surface area contributed by atoms with Crippen LogP contribution in [0.25, 0.3) is 11.1 Å². The van der Waals surface area contributed by atoms with E-state index in [4.69, 9.17) is 4.74 Å². The van der Waals surface area contributed by atoms with E-state index in [0.29, 0.717) is 25.9 Å². The summed E-state index contributed by atoms with van der Waals surface area (Å²) in [5, 5.41) is 3.12. The quantitative estimate of drug-likeness (QED) is 0.661. The van der Waals surface area contributed by atoms with Gasteiger partial charge in [0.25, 0.3) is 0 Å². The smallest absolute Gasteiger partial charge is 0.220 e. The minimum Gasteiger partial charge on any atom is -0.374 e. The molecule has 2 heterocycles. The summed E-state index contributed by atoms with van der Waals surface area (Å²) < 4.78 is 29.6. The third kappa shape index (κ3) is 4.41. The molecule has 3 aliphatic rings. The highest BCUT2D eigenvalue weighted by Gasteiger charge is 2.46. The van der Waals surface area contributed by atoms with E-state index in [1.54, 1.807) is 0 Å². The highest BCUT2D eigenvalue weighted by atomic mass is 32.2. The Balaban J connectivity index is 1.13. The van der Waals surface area contributed by atoms with Crippen LogP contribution in [0.3, 0.4) is 0 Å². The Bertz CT molecular complexity index is 1110. The van der Waals surface area contributed by atoms with E-state index < -0.39 is 15.4 Å². The summed E-state index contributed by atoms with van der Waals surface area (Å²) in [6.07, 6.45) is 5.05. The molecule has 5 nitrogen and oxygen atoms in total. The number of sulfone groups is 1. The van der Waals surface area contributed by atoms with E-state index in [1.807, 2.05) is 0 Å². The minimum atomic E-state index is -3.01. The summed E-state index contributed by atoms with van der Waals surface area (Å²) in [5.74, 6) is 0.335. The second kappa shape index (κ2) is 8.06. The summed E-state index contributed by atoms with van der Waals surface area (Å²) >= 11 is 0. The van der Waals surface area contributed by atoms with E-state index in [-0.39, 0.29) is 23.5 Å². The summed E-state index contributed by atoms with van der Waals surface area (Å²) in [7, 11) is -3.01. The Morgan fingerprint density at radius 2 is 1.97 bits per heavy atom. The van der Waals surface area contributed by atoms with Gasteiger partial charge in [0.15, 0.2) is 9.84 Å². The van der Waals surface area contributed by atoms with Crippen molar-refractivity contribution in [3.05, 3.63) is 59.2 Å². The second-order valence-electron chi connectivity index (χ2n) is 9.31. The average molecular weight is 440 g/mol. The van der Waals surface area contributed by atoms with Crippen molar-refractivity contribution in [1.82, 2.24) is 5.32 Å². The van der Waals surface area contributed by atoms with Gasteiger partial charge >= 0.3 is 0 Å². The molecule has 1 amide bonds. The lowest BCUT2D eigenvalue weighted by molar-refractivity contribution is -0.124. The third-order valence-corrected chi connectivity index (χ3v) is 8.73. The Morgan fingerprint density at radius 3 is 2.81 bits per heavy atom. The molecule has 0 radical (unpaired) electrons. The number of benzene rings is 2. The van der Waals surface area contributed by atoms with Crippen LogP contribution in [0.5, 0.6) is 0 Å². The number of fused-ring (bicyclic) bond motifs is 3. The molecule has 2 aromatic carbocycles. The number of carbonyl (C=O) groups excluding carboxylic acids is 1. The van der Waals surface area contributed by atoms with Crippen LogP contribution in [-0.2, 0) is 32.2 Å². The van der Waals surface area contributed by atoms with Crippen molar-refractivity contribution >= 4 is 15.7 Å². The molecule has 164 valence electrons. The molecule has 6 heteroatoms. The van der Waals surface area contributed by atoms with Crippen LogP contribution >= 0.6 is 0 Å². The predicted octanol–water partition coefficient (Wildman–Crippen LogP) is 3.43. The lowest BCUT2D eigenvalue weighted by Crippen LogP contribution is -2.49. The van der Waals surface area contributed by atoms with Crippen molar-refractivity contribution in [3.8, 4) is 11.1 Å². The molecule has 1 N–H and O–H groups in total. The van der Waals surface area contributed by atoms with Crippen molar-refractivity contribution in [2.24, 2.45) is 0 Å². The maximum absolute atomic E-state index is 12.5. The topological polar surface area (TPSA) is 72.5 Å². The molecule has 1 spiro atoms. The highest BCUT2D eigenvalue weighted by molar-refractivity contribution is 7.91. The summed E-state index contributed by atoms with van der Waals surface area (Å²) in [6.45, 7) is 0.511. The predicted molar refractivity (Wildman–Crippen MR) is 121 cm³/mol. The number of hydrogen-bond donors (Lipinski definition) is 1. The largest absolute Gasteiger partial charge is 0.374 e. The van der Waals surface area contributed by atoms with E-state index >= 15 is 0 Å². The van der Waals surface area contributed by atoms with E-state index in [1.165, 1.54) is 27.8 Å². The maximum Gasteiger partial charge on any atom is 0.220 e. The highest BCUT2D eigenvalue weighted by Crippen LogP contribution is 2.37. The molecule has 2 saturated heterocycles. The fraction of sp³-hybridized carbons (Fsp3) is 0.480. The van der Waals surface area contributed by atoms with Gasteiger partial charge in [-0.1, -0.05) is 42.5 Å². The first-order chi connectivity index (χ1) is 14.9.